The second-order valence-electron chi connectivity index (χ2n) is 3.49. The van der Waals surface area contributed by atoms with E-state index in [1.165, 1.54) is 5.56 Å². The van der Waals surface area contributed by atoms with Crippen molar-refractivity contribution in [2.75, 3.05) is 0 Å². The Balaban J connectivity index is 2.49. The number of aryl methyl sites for hydroxylation is 1. The van der Waals surface area contributed by atoms with Crippen molar-refractivity contribution in [2.45, 2.75) is 19.7 Å². The van der Waals surface area contributed by atoms with Crippen LogP contribution < -0.4 is 0 Å². The SMILES string of the molecule is Cc1ccnc(-n2ncc(CCl)c2C)c1. The van der Waals surface area contributed by atoms with Gasteiger partial charge in [-0.2, -0.15) is 5.10 Å². The van der Waals surface area contributed by atoms with Crippen LogP contribution in [-0.4, -0.2) is 14.8 Å². The monoisotopic (exact) mass is 221 g/mol. The number of alkyl halides is 1. The van der Waals surface area contributed by atoms with E-state index in [-0.39, 0.29) is 0 Å². The molecule has 0 amide bonds. The van der Waals surface area contributed by atoms with Gasteiger partial charge in [0.25, 0.3) is 0 Å². The van der Waals surface area contributed by atoms with Crippen molar-refractivity contribution in [3.05, 3.63) is 41.3 Å². The smallest absolute Gasteiger partial charge is 0.153 e. The molecular formula is C11H12ClN3. The highest BCUT2D eigenvalue weighted by Crippen LogP contribution is 2.14. The van der Waals surface area contributed by atoms with Gasteiger partial charge in [-0.15, -0.1) is 11.6 Å². The molecule has 15 heavy (non-hydrogen) atoms. The van der Waals surface area contributed by atoms with Crippen LogP contribution in [0.4, 0.5) is 0 Å². The Morgan fingerprint density at radius 3 is 2.80 bits per heavy atom. The van der Waals surface area contributed by atoms with Crippen molar-refractivity contribution in [1.82, 2.24) is 14.8 Å². The van der Waals surface area contributed by atoms with E-state index in [0.29, 0.717) is 5.88 Å². The van der Waals surface area contributed by atoms with E-state index in [0.717, 1.165) is 17.1 Å². The Bertz CT molecular complexity index is 476. The molecule has 0 aliphatic heterocycles. The van der Waals surface area contributed by atoms with Gasteiger partial charge in [-0.1, -0.05) is 0 Å². The summed E-state index contributed by atoms with van der Waals surface area (Å²) in [6.45, 7) is 4.03. The van der Waals surface area contributed by atoms with Gasteiger partial charge in [0.2, 0.25) is 0 Å². The molecule has 0 saturated carbocycles. The van der Waals surface area contributed by atoms with Crippen LogP contribution in [0.5, 0.6) is 0 Å². The third kappa shape index (κ3) is 1.88. The van der Waals surface area contributed by atoms with Crippen LogP contribution in [0.3, 0.4) is 0 Å². The fourth-order valence-electron chi connectivity index (χ4n) is 1.44. The van der Waals surface area contributed by atoms with Gasteiger partial charge in [0.1, 0.15) is 0 Å². The molecule has 0 spiro atoms. The highest BCUT2D eigenvalue weighted by molar-refractivity contribution is 6.17. The van der Waals surface area contributed by atoms with Crippen LogP contribution >= 0.6 is 11.6 Å². The van der Waals surface area contributed by atoms with Crippen molar-refractivity contribution in [3.8, 4) is 5.82 Å². The van der Waals surface area contributed by atoms with Gasteiger partial charge < -0.3 is 0 Å². The highest BCUT2D eigenvalue weighted by Gasteiger charge is 2.07. The average Bonchev–Trinajstić information content (AvgIpc) is 2.59. The standard InChI is InChI=1S/C11H12ClN3/c1-8-3-4-13-11(5-8)15-9(2)10(6-12)7-14-15/h3-5,7H,6H2,1-2H3. The zero-order chi connectivity index (χ0) is 10.8. The summed E-state index contributed by atoms with van der Waals surface area (Å²) in [6.07, 6.45) is 3.57. The lowest BCUT2D eigenvalue weighted by Crippen LogP contribution is -2.02. The molecule has 0 N–H and O–H groups in total. The minimum absolute atomic E-state index is 0.484. The lowest BCUT2D eigenvalue weighted by Gasteiger charge is -2.04. The predicted octanol–water partition coefficient (Wildman–Crippen LogP) is 2.62. The van der Waals surface area contributed by atoms with Gasteiger partial charge in [0, 0.05) is 17.5 Å². The Hall–Kier alpha value is -1.35. The second kappa shape index (κ2) is 4.03. The number of pyridine rings is 1. The summed E-state index contributed by atoms with van der Waals surface area (Å²) in [5.74, 6) is 1.32. The molecule has 0 radical (unpaired) electrons. The van der Waals surface area contributed by atoms with Crippen LogP contribution in [0.2, 0.25) is 0 Å². The third-order valence-electron chi connectivity index (χ3n) is 2.37. The average molecular weight is 222 g/mol. The van der Waals surface area contributed by atoms with E-state index < -0.39 is 0 Å². The first-order valence-electron chi connectivity index (χ1n) is 4.75. The number of nitrogens with zero attached hydrogens (tertiary/aromatic N) is 3. The summed E-state index contributed by atoms with van der Waals surface area (Å²) >= 11 is 5.79. The first-order chi connectivity index (χ1) is 7.22. The molecule has 0 aliphatic carbocycles. The minimum Gasteiger partial charge on any atom is -0.237 e. The topological polar surface area (TPSA) is 30.7 Å². The molecule has 2 rings (SSSR count). The van der Waals surface area contributed by atoms with Gasteiger partial charge in [0.05, 0.1) is 12.1 Å². The number of rotatable bonds is 2. The van der Waals surface area contributed by atoms with Crippen molar-refractivity contribution >= 4 is 11.6 Å². The Kier molecular flexibility index (Phi) is 2.73. The summed E-state index contributed by atoms with van der Waals surface area (Å²) < 4.78 is 1.81. The molecule has 0 aliphatic rings. The largest absolute Gasteiger partial charge is 0.237 e. The molecule has 0 fully saturated rings. The van der Waals surface area contributed by atoms with E-state index in [1.54, 1.807) is 12.4 Å². The zero-order valence-corrected chi connectivity index (χ0v) is 9.49. The van der Waals surface area contributed by atoms with E-state index in [2.05, 4.69) is 10.1 Å². The summed E-state index contributed by atoms with van der Waals surface area (Å²) in [5.41, 5.74) is 3.25. The first kappa shape index (κ1) is 10.2. The molecule has 0 atom stereocenters. The van der Waals surface area contributed by atoms with E-state index in [1.807, 2.05) is 30.7 Å². The van der Waals surface area contributed by atoms with Gasteiger partial charge in [-0.25, -0.2) is 9.67 Å². The maximum atomic E-state index is 5.79. The Labute approximate surface area is 93.7 Å². The van der Waals surface area contributed by atoms with Gasteiger partial charge in [-0.05, 0) is 31.5 Å². The van der Waals surface area contributed by atoms with E-state index in [4.69, 9.17) is 11.6 Å². The lowest BCUT2D eigenvalue weighted by atomic mass is 10.3. The van der Waals surface area contributed by atoms with Gasteiger partial charge >= 0.3 is 0 Å². The van der Waals surface area contributed by atoms with Gasteiger partial charge in [-0.3, -0.25) is 0 Å². The van der Waals surface area contributed by atoms with E-state index >= 15 is 0 Å². The number of hydrogen-bond donors (Lipinski definition) is 0. The third-order valence-corrected chi connectivity index (χ3v) is 2.66. The maximum absolute atomic E-state index is 5.79. The molecule has 2 heterocycles. The summed E-state index contributed by atoms with van der Waals surface area (Å²) in [7, 11) is 0. The first-order valence-corrected chi connectivity index (χ1v) is 5.28. The second-order valence-corrected chi connectivity index (χ2v) is 3.76. The Morgan fingerprint density at radius 1 is 1.40 bits per heavy atom. The summed E-state index contributed by atoms with van der Waals surface area (Å²) in [6, 6.07) is 3.96. The molecule has 3 nitrogen and oxygen atoms in total. The summed E-state index contributed by atoms with van der Waals surface area (Å²) in [4.78, 5) is 4.28. The van der Waals surface area contributed by atoms with Crippen LogP contribution in [-0.2, 0) is 5.88 Å². The minimum atomic E-state index is 0.484. The van der Waals surface area contributed by atoms with Crippen molar-refractivity contribution in [1.29, 1.82) is 0 Å². The summed E-state index contributed by atoms with van der Waals surface area (Å²) in [5, 5.41) is 4.27. The maximum Gasteiger partial charge on any atom is 0.153 e. The highest BCUT2D eigenvalue weighted by atomic mass is 35.5. The fourth-order valence-corrected chi connectivity index (χ4v) is 1.70. The molecular weight excluding hydrogens is 210 g/mol. The van der Waals surface area contributed by atoms with Crippen molar-refractivity contribution < 1.29 is 0 Å². The quantitative estimate of drug-likeness (QED) is 0.730. The van der Waals surface area contributed by atoms with Gasteiger partial charge in [0.15, 0.2) is 5.82 Å². The molecule has 0 bridgehead atoms. The molecule has 2 aromatic heterocycles. The molecule has 0 unspecified atom stereocenters. The van der Waals surface area contributed by atoms with Crippen LogP contribution in [0, 0.1) is 13.8 Å². The van der Waals surface area contributed by atoms with Crippen molar-refractivity contribution in [3.63, 3.8) is 0 Å². The molecule has 0 aromatic carbocycles. The molecule has 2 aromatic rings. The van der Waals surface area contributed by atoms with Crippen molar-refractivity contribution in [2.24, 2.45) is 0 Å². The molecule has 78 valence electrons. The Morgan fingerprint density at radius 2 is 2.20 bits per heavy atom. The number of halogens is 1. The number of aromatic nitrogens is 3. The number of hydrogen-bond acceptors (Lipinski definition) is 2. The lowest BCUT2D eigenvalue weighted by molar-refractivity contribution is 0.814. The van der Waals surface area contributed by atoms with E-state index in [9.17, 15) is 0 Å². The molecule has 4 heteroatoms. The fraction of sp³-hybridized carbons (Fsp3) is 0.273. The van der Waals surface area contributed by atoms with Crippen LogP contribution in [0.1, 0.15) is 16.8 Å². The van der Waals surface area contributed by atoms with Crippen LogP contribution in [0.15, 0.2) is 24.5 Å². The molecule has 0 saturated heterocycles. The zero-order valence-electron chi connectivity index (χ0n) is 8.74. The van der Waals surface area contributed by atoms with Crippen LogP contribution in [0.25, 0.3) is 5.82 Å². The predicted molar refractivity (Wildman–Crippen MR) is 60.4 cm³/mol. The normalized spacial score (nSPS) is 10.6.